The summed E-state index contributed by atoms with van der Waals surface area (Å²) >= 11 is 0. The highest BCUT2D eigenvalue weighted by atomic mass is 16.3. The summed E-state index contributed by atoms with van der Waals surface area (Å²) in [6.45, 7) is 5.11. The van der Waals surface area contributed by atoms with Crippen molar-refractivity contribution in [2.45, 2.75) is 45.1 Å². The fourth-order valence-electron chi connectivity index (χ4n) is 2.39. The van der Waals surface area contributed by atoms with Gasteiger partial charge >= 0.3 is 0 Å². The van der Waals surface area contributed by atoms with Gasteiger partial charge in [-0.1, -0.05) is 13.8 Å². The van der Waals surface area contributed by atoms with Crippen molar-refractivity contribution in [1.29, 1.82) is 0 Å². The third kappa shape index (κ3) is 3.35. The molecule has 1 aromatic rings. The molecule has 1 aliphatic carbocycles. The van der Waals surface area contributed by atoms with Crippen molar-refractivity contribution in [3.8, 4) is 0 Å². The normalized spacial score (nSPS) is 21.5. The van der Waals surface area contributed by atoms with Gasteiger partial charge in [0.1, 0.15) is 5.82 Å². The predicted octanol–water partition coefficient (Wildman–Crippen LogP) is 2.41. The molecular weight excluding hydrogens is 226 g/mol. The van der Waals surface area contributed by atoms with E-state index in [4.69, 9.17) is 5.73 Å². The SMILES string of the molecule is CC1(C)CCC(O)(CNc2ccnc(N)c2)CC1. The van der Waals surface area contributed by atoms with E-state index in [-0.39, 0.29) is 0 Å². The van der Waals surface area contributed by atoms with Gasteiger partial charge in [-0.15, -0.1) is 0 Å². The minimum atomic E-state index is -0.590. The molecule has 1 saturated carbocycles. The number of aliphatic hydroxyl groups is 1. The van der Waals surface area contributed by atoms with Crippen molar-refractivity contribution in [1.82, 2.24) is 4.98 Å². The molecule has 0 amide bonds. The van der Waals surface area contributed by atoms with Gasteiger partial charge in [-0.05, 0) is 37.2 Å². The van der Waals surface area contributed by atoms with E-state index in [1.54, 1.807) is 12.3 Å². The van der Waals surface area contributed by atoms with E-state index in [2.05, 4.69) is 24.1 Å². The minimum Gasteiger partial charge on any atom is -0.388 e. The van der Waals surface area contributed by atoms with E-state index in [0.29, 0.717) is 17.8 Å². The highest BCUT2D eigenvalue weighted by Crippen LogP contribution is 2.40. The molecule has 0 spiro atoms. The van der Waals surface area contributed by atoms with Crippen LogP contribution in [0.25, 0.3) is 0 Å². The van der Waals surface area contributed by atoms with Crippen molar-refractivity contribution >= 4 is 11.5 Å². The first kappa shape index (κ1) is 13.1. The molecule has 0 atom stereocenters. The second kappa shape index (κ2) is 4.76. The van der Waals surface area contributed by atoms with Crippen LogP contribution in [0.4, 0.5) is 11.5 Å². The number of pyridine rings is 1. The van der Waals surface area contributed by atoms with E-state index in [1.807, 2.05) is 6.07 Å². The summed E-state index contributed by atoms with van der Waals surface area (Å²) in [7, 11) is 0. The Kier molecular flexibility index (Phi) is 3.48. The number of rotatable bonds is 3. The van der Waals surface area contributed by atoms with Crippen LogP contribution in [0.5, 0.6) is 0 Å². The van der Waals surface area contributed by atoms with Crippen molar-refractivity contribution in [3.63, 3.8) is 0 Å². The van der Waals surface area contributed by atoms with Crippen molar-refractivity contribution in [2.24, 2.45) is 5.41 Å². The third-order valence-corrected chi connectivity index (χ3v) is 3.94. The third-order valence-electron chi connectivity index (χ3n) is 3.94. The van der Waals surface area contributed by atoms with Crippen molar-refractivity contribution in [3.05, 3.63) is 18.3 Å². The lowest BCUT2D eigenvalue weighted by atomic mass is 9.71. The van der Waals surface area contributed by atoms with Crippen molar-refractivity contribution < 1.29 is 5.11 Å². The molecule has 1 aromatic heterocycles. The zero-order valence-electron chi connectivity index (χ0n) is 11.2. The summed E-state index contributed by atoms with van der Waals surface area (Å²) in [5, 5.41) is 13.8. The van der Waals surface area contributed by atoms with Gasteiger partial charge in [0.05, 0.1) is 5.60 Å². The molecule has 0 radical (unpaired) electrons. The molecule has 0 aliphatic heterocycles. The maximum atomic E-state index is 10.5. The van der Waals surface area contributed by atoms with Gasteiger partial charge in [-0.3, -0.25) is 0 Å². The number of hydrogen-bond donors (Lipinski definition) is 3. The molecule has 18 heavy (non-hydrogen) atoms. The first-order chi connectivity index (χ1) is 8.39. The number of hydrogen-bond acceptors (Lipinski definition) is 4. The van der Waals surface area contributed by atoms with E-state index >= 15 is 0 Å². The van der Waals surface area contributed by atoms with Crippen molar-refractivity contribution in [2.75, 3.05) is 17.6 Å². The maximum Gasteiger partial charge on any atom is 0.125 e. The monoisotopic (exact) mass is 249 g/mol. The second-order valence-corrected chi connectivity index (χ2v) is 6.21. The molecule has 4 nitrogen and oxygen atoms in total. The molecule has 0 aromatic carbocycles. The van der Waals surface area contributed by atoms with E-state index < -0.39 is 5.60 Å². The van der Waals surface area contributed by atoms with Crippen LogP contribution in [0.15, 0.2) is 18.3 Å². The topological polar surface area (TPSA) is 71.2 Å². The molecule has 1 aliphatic rings. The van der Waals surface area contributed by atoms with Crippen LogP contribution in [0, 0.1) is 5.41 Å². The lowest BCUT2D eigenvalue weighted by Crippen LogP contribution is -2.42. The van der Waals surface area contributed by atoms with Crippen LogP contribution in [-0.4, -0.2) is 22.2 Å². The highest BCUT2D eigenvalue weighted by Gasteiger charge is 2.36. The highest BCUT2D eigenvalue weighted by molar-refractivity contribution is 5.49. The number of aromatic nitrogens is 1. The molecule has 4 heteroatoms. The Hall–Kier alpha value is -1.29. The lowest BCUT2D eigenvalue weighted by Gasteiger charge is -2.40. The second-order valence-electron chi connectivity index (χ2n) is 6.21. The summed E-state index contributed by atoms with van der Waals surface area (Å²) in [6.07, 6.45) is 5.53. The van der Waals surface area contributed by atoms with E-state index in [1.165, 1.54) is 0 Å². The van der Waals surface area contributed by atoms with Gasteiger partial charge in [0.2, 0.25) is 0 Å². The van der Waals surface area contributed by atoms with Crippen LogP contribution >= 0.6 is 0 Å². The molecule has 100 valence electrons. The number of nitrogen functional groups attached to an aromatic ring is 1. The Morgan fingerprint density at radius 3 is 2.61 bits per heavy atom. The quantitative estimate of drug-likeness (QED) is 0.769. The zero-order valence-corrected chi connectivity index (χ0v) is 11.2. The number of anilines is 2. The Balaban J connectivity index is 1.90. The molecule has 1 heterocycles. The van der Waals surface area contributed by atoms with Gasteiger partial charge in [-0.2, -0.15) is 0 Å². The zero-order chi connectivity index (χ0) is 13.2. The summed E-state index contributed by atoms with van der Waals surface area (Å²) in [5.41, 5.74) is 6.32. The molecule has 0 saturated heterocycles. The number of nitrogens with two attached hydrogens (primary N) is 1. The van der Waals surface area contributed by atoms with Gasteiger partial charge in [0.25, 0.3) is 0 Å². The molecule has 4 N–H and O–H groups in total. The summed E-state index contributed by atoms with van der Waals surface area (Å²) in [4.78, 5) is 3.95. The number of nitrogens with zero attached hydrogens (tertiary/aromatic N) is 1. The lowest BCUT2D eigenvalue weighted by molar-refractivity contribution is -0.0145. The van der Waals surface area contributed by atoms with Gasteiger partial charge < -0.3 is 16.2 Å². The smallest absolute Gasteiger partial charge is 0.125 e. The largest absolute Gasteiger partial charge is 0.388 e. The van der Waals surface area contributed by atoms with Crippen LogP contribution in [0.2, 0.25) is 0 Å². The molecule has 0 unspecified atom stereocenters. The van der Waals surface area contributed by atoms with Crippen LogP contribution < -0.4 is 11.1 Å². The Morgan fingerprint density at radius 2 is 2.00 bits per heavy atom. The minimum absolute atomic E-state index is 0.368. The molecule has 2 rings (SSSR count). The standard InChI is InChI=1S/C14H23N3O/c1-13(2)4-6-14(18,7-5-13)10-17-11-3-8-16-12(15)9-11/h3,8-9,18H,4-7,10H2,1-2H3,(H3,15,16,17). The van der Waals surface area contributed by atoms with E-state index in [9.17, 15) is 5.11 Å². The van der Waals surface area contributed by atoms with E-state index in [0.717, 1.165) is 31.4 Å². The summed E-state index contributed by atoms with van der Waals surface area (Å²) in [5.74, 6) is 0.497. The van der Waals surface area contributed by atoms with Gasteiger partial charge in [0, 0.05) is 24.5 Å². The fraction of sp³-hybridized carbons (Fsp3) is 0.643. The molecule has 0 bridgehead atoms. The average molecular weight is 249 g/mol. The number of nitrogens with one attached hydrogen (secondary N) is 1. The first-order valence-electron chi connectivity index (χ1n) is 6.56. The van der Waals surface area contributed by atoms with Gasteiger partial charge in [-0.25, -0.2) is 4.98 Å². The maximum absolute atomic E-state index is 10.5. The average Bonchev–Trinajstić information content (AvgIpc) is 2.32. The molecule has 1 fully saturated rings. The predicted molar refractivity (Wildman–Crippen MR) is 74.3 cm³/mol. The summed E-state index contributed by atoms with van der Waals surface area (Å²) < 4.78 is 0. The fourth-order valence-corrected chi connectivity index (χ4v) is 2.39. The van der Waals surface area contributed by atoms with Gasteiger partial charge in [0.15, 0.2) is 0 Å². The summed E-state index contributed by atoms with van der Waals surface area (Å²) in [6, 6.07) is 3.66. The molecular formula is C14H23N3O. The van der Waals surface area contributed by atoms with Crippen LogP contribution in [-0.2, 0) is 0 Å². The van der Waals surface area contributed by atoms with Crippen LogP contribution in [0.1, 0.15) is 39.5 Å². The first-order valence-corrected chi connectivity index (χ1v) is 6.56. The van der Waals surface area contributed by atoms with Crippen LogP contribution in [0.3, 0.4) is 0 Å². The Bertz CT molecular complexity index is 407. The Labute approximate surface area is 109 Å². The Morgan fingerprint density at radius 1 is 1.33 bits per heavy atom.